The van der Waals surface area contributed by atoms with Crippen LogP contribution in [-0.4, -0.2) is 24.6 Å². The van der Waals surface area contributed by atoms with E-state index < -0.39 is 15.7 Å². The Labute approximate surface area is 123 Å². The molecule has 1 aromatic heterocycles. The summed E-state index contributed by atoms with van der Waals surface area (Å²) in [5.74, 6) is -0.304. The zero-order valence-corrected chi connectivity index (χ0v) is 12.6. The minimum atomic E-state index is -3.20. The number of nitrogens with one attached hydrogen (secondary N) is 1. The third-order valence-corrected chi connectivity index (χ3v) is 4.14. The zero-order valence-electron chi connectivity index (χ0n) is 11.8. The summed E-state index contributed by atoms with van der Waals surface area (Å²) in [7, 11) is -3.20. The molecule has 0 aliphatic carbocycles. The summed E-state index contributed by atoms with van der Waals surface area (Å²) >= 11 is 0. The molecule has 1 N–H and O–H groups in total. The summed E-state index contributed by atoms with van der Waals surface area (Å²) in [6.07, 6.45) is 2.96. The maximum absolute atomic E-state index is 13.9. The van der Waals surface area contributed by atoms with Gasteiger partial charge in [-0.05, 0) is 24.1 Å². The SMILES string of the molecule is CCc1ncnc(NCc2ccc(S(C)(=O)=O)cc2)c1F. The van der Waals surface area contributed by atoms with Crippen LogP contribution in [-0.2, 0) is 22.8 Å². The van der Waals surface area contributed by atoms with Gasteiger partial charge in [-0.2, -0.15) is 0 Å². The van der Waals surface area contributed by atoms with E-state index in [0.717, 1.165) is 11.8 Å². The highest BCUT2D eigenvalue weighted by Crippen LogP contribution is 2.15. The van der Waals surface area contributed by atoms with E-state index in [2.05, 4.69) is 15.3 Å². The maximum atomic E-state index is 13.9. The van der Waals surface area contributed by atoms with Crippen LogP contribution in [0.15, 0.2) is 35.5 Å². The molecule has 0 bridgehead atoms. The standard InChI is InChI=1S/C14H16FN3O2S/c1-3-12-13(15)14(18-9-17-12)16-8-10-4-6-11(7-5-10)21(2,19)20/h4-7,9H,3,8H2,1-2H3,(H,16,17,18). The number of hydrogen-bond donors (Lipinski definition) is 1. The molecular weight excluding hydrogens is 293 g/mol. The fourth-order valence-corrected chi connectivity index (χ4v) is 2.45. The highest BCUT2D eigenvalue weighted by molar-refractivity contribution is 7.90. The molecule has 0 fully saturated rings. The number of halogens is 1. The third-order valence-electron chi connectivity index (χ3n) is 3.01. The number of aryl methyl sites for hydroxylation is 1. The van der Waals surface area contributed by atoms with Crippen molar-refractivity contribution in [3.63, 3.8) is 0 Å². The van der Waals surface area contributed by atoms with Crippen LogP contribution in [0.3, 0.4) is 0 Å². The Bertz CT molecular complexity index is 730. The fourth-order valence-electron chi connectivity index (χ4n) is 1.82. The topological polar surface area (TPSA) is 72.0 Å². The van der Waals surface area contributed by atoms with Crippen LogP contribution in [0.5, 0.6) is 0 Å². The van der Waals surface area contributed by atoms with Gasteiger partial charge >= 0.3 is 0 Å². The zero-order chi connectivity index (χ0) is 15.5. The molecule has 0 aliphatic heterocycles. The second-order valence-electron chi connectivity index (χ2n) is 4.61. The predicted molar refractivity (Wildman–Crippen MR) is 78.2 cm³/mol. The molecule has 1 aromatic carbocycles. The van der Waals surface area contributed by atoms with Crippen LogP contribution in [0.4, 0.5) is 10.2 Å². The van der Waals surface area contributed by atoms with Gasteiger partial charge in [-0.3, -0.25) is 0 Å². The lowest BCUT2D eigenvalue weighted by Gasteiger charge is -2.08. The van der Waals surface area contributed by atoms with E-state index in [9.17, 15) is 12.8 Å². The molecule has 7 heteroatoms. The molecule has 0 saturated carbocycles. The van der Waals surface area contributed by atoms with E-state index in [1.54, 1.807) is 12.1 Å². The first-order chi connectivity index (χ1) is 9.91. The number of benzene rings is 1. The summed E-state index contributed by atoms with van der Waals surface area (Å²) < 4.78 is 36.6. The van der Waals surface area contributed by atoms with Crippen molar-refractivity contribution >= 4 is 15.7 Å². The molecule has 0 aliphatic rings. The van der Waals surface area contributed by atoms with E-state index >= 15 is 0 Å². The average Bonchev–Trinajstić information content (AvgIpc) is 2.46. The molecule has 1 heterocycles. The Balaban J connectivity index is 2.10. The molecule has 21 heavy (non-hydrogen) atoms. The van der Waals surface area contributed by atoms with E-state index in [1.165, 1.54) is 18.5 Å². The summed E-state index contributed by atoms with van der Waals surface area (Å²) in [5, 5.41) is 2.89. The van der Waals surface area contributed by atoms with Crippen LogP contribution in [0, 0.1) is 5.82 Å². The van der Waals surface area contributed by atoms with Crippen molar-refractivity contribution in [1.29, 1.82) is 0 Å². The largest absolute Gasteiger partial charge is 0.363 e. The van der Waals surface area contributed by atoms with Gasteiger partial charge in [0.1, 0.15) is 6.33 Å². The van der Waals surface area contributed by atoms with Crippen LogP contribution < -0.4 is 5.32 Å². The van der Waals surface area contributed by atoms with Gasteiger partial charge in [0.15, 0.2) is 21.5 Å². The van der Waals surface area contributed by atoms with E-state index in [1.807, 2.05) is 6.92 Å². The Morgan fingerprint density at radius 1 is 1.19 bits per heavy atom. The highest BCUT2D eigenvalue weighted by Gasteiger charge is 2.10. The van der Waals surface area contributed by atoms with Gasteiger partial charge in [0.05, 0.1) is 10.6 Å². The van der Waals surface area contributed by atoms with Gasteiger partial charge in [-0.25, -0.2) is 22.8 Å². The van der Waals surface area contributed by atoms with Gasteiger partial charge in [-0.1, -0.05) is 19.1 Å². The van der Waals surface area contributed by atoms with Crippen molar-refractivity contribution in [3.05, 3.63) is 47.7 Å². The lowest BCUT2D eigenvalue weighted by molar-refractivity contribution is 0.596. The van der Waals surface area contributed by atoms with Crippen molar-refractivity contribution in [2.75, 3.05) is 11.6 Å². The van der Waals surface area contributed by atoms with Gasteiger partial charge in [0.25, 0.3) is 0 Å². The number of aromatic nitrogens is 2. The Morgan fingerprint density at radius 2 is 1.86 bits per heavy atom. The number of rotatable bonds is 5. The van der Waals surface area contributed by atoms with Gasteiger partial charge in [-0.15, -0.1) is 0 Å². The Kier molecular flexibility index (Phi) is 4.52. The molecule has 0 amide bonds. The first-order valence-corrected chi connectivity index (χ1v) is 8.33. The lowest BCUT2D eigenvalue weighted by Crippen LogP contribution is -2.07. The van der Waals surface area contributed by atoms with Crippen molar-refractivity contribution < 1.29 is 12.8 Å². The van der Waals surface area contributed by atoms with Crippen molar-refractivity contribution in [1.82, 2.24) is 9.97 Å². The van der Waals surface area contributed by atoms with Gasteiger partial charge < -0.3 is 5.32 Å². The van der Waals surface area contributed by atoms with Crippen molar-refractivity contribution in [3.8, 4) is 0 Å². The fraction of sp³-hybridized carbons (Fsp3) is 0.286. The Hall–Kier alpha value is -2.02. The predicted octanol–water partition coefficient (Wildman–Crippen LogP) is 2.19. The first kappa shape index (κ1) is 15.4. The van der Waals surface area contributed by atoms with Gasteiger partial charge in [0, 0.05) is 12.8 Å². The van der Waals surface area contributed by atoms with Crippen LogP contribution in [0.1, 0.15) is 18.2 Å². The molecule has 0 radical (unpaired) electrons. The third kappa shape index (κ3) is 3.75. The molecule has 2 rings (SSSR count). The van der Waals surface area contributed by atoms with Crippen molar-refractivity contribution in [2.24, 2.45) is 0 Å². The normalized spacial score (nSPS) is 11.4. The monoisotopic (exact) mass is 309 g/mol. The summed E-state index contributed by atoms with van der Waals surface area (Å²) in [5.41, 5.74) is 1.19. The van der Waals surface area contributed by atoms with E-state index in [4.69, 9.17) is 0 Å². The average molecular weight is 309 g/mol. The van der Waals surface area contributed by atoms with Crippen LogP contribution in [0.2, 0.25) is 0 Å². The second-order valence-corrected chi connectivity index (χ2v) is 6.62. The summed E-state index contributed by atoms with van der Waals surface area (Å²) in [4.78, 5) is 7.98. The molecule has 2 aromatic rings. The quantitative estimate of drug-likeness (QED) is 0.916. The maximum Gasteiger partial charge on any atom is 0.186 e. The molecule has 112 valence electrons. The van der Waals surface area contributed by atoms with Gasteiger partial charge in [0.2, 0.25) is 0 Å². The molecule has 0 unspecified atom stereocenters. The van der Waals surface area contributed by atoms with Crippen molar-refractivity contribution in [2.45, 2.75) is 24.8 Å². The lowest BCUT2D eigenvalue weighted by atomic mass is 10.2. The molecule has 5 nitrogen and oxygen atoms in total. The number of nitrogens with zero attached hydrogens (tertiary/aromatic N) is 2. The minimum absolute atomic E-state index is 0.147. The number of hydrogen-bond acceptors (Lipinski definition) is 5. The van der Waals surface area contributed by atoms with E-state index in [-0.39, 0.29) is 10.7 Å². The molecule has 0 saturated heterocycles. The van der Waals surface area contributed by atoms with E-state index in [0.29, 0.717) is 18.7 Å². The second kappa shape index (κ2) is 6.17. The van der Waals surface area contributed by atoms with Crippen LogP contribution >= 0.6 is 0 Å². The smallest absolute Gasteiger partial charge is 0.186 e. The molecular formula is C14H16FN3O2S. The summed E-state index contributed by atoms with van der Waals surface area (Å²) in [6.45, 7) is 2.17. The summed E-state index contributed by atoms with van der Waals surface area (Å²) in [6, 6.07) is 6.42. The first-order valence-electron chi connectivity index (χ1n) is 6.44. The van der Waals surface area contributed by atoms with Crippen LogP contribution in [0.25, 0.3) is 0 Å². The molecule has 0 atom stereocenters. The number of sulfone groups is 1. The molecule has 0 spiro atoms. The number of anilines is 1. The highest BCUT2D eigenvalue weighted by atomic mass is 32.2. The minimum Gasteiger partial charge on any atom is -0.363 e. The Morgan fingerprint density at radius 3 is 2.43 bits per heavy atom.